The van der Waals surface area contributed by atoms with Gasteiger partial charge in [0.15, 0.2) is 0 Å². The normalized spacial score (nSPS) is 18.0. The number of methoxy groups -OCH3 is 1. The fraction of sp³-hybridized carbons (Fsp3) is 0.611. The maximum Gasteiger partial charge on any atom is 0.312 e. The van der Waals surface area contributed by atoms with Crippen LogP contribution in [-0.2, 0) is 21.4 Å². The Morgan fingerprint density at radius 2 is 1.70 bits per heavy atom. The number of hydrogen-bond acceptors (Lipinski definition) is 2. The quantitative estimate of drug-likeness (QED) is 0.770. The monoisotopic (exact) mass is 274 g/mol. The first-order valence-corrected chi connectivity index (χ1v) is 7.55. The molecule has 0 spiro atoms. The fourth-order valence-electron chi connectivity index (χ4n) is 3.23. The van der Waals surface area contributed by atoms with Crippen molar-refractivity contribution >= 4 is 5.97 Å². The van der Waals surface area contributed by atoms with E-state index in [1.807, 2.05) is 0 Å². The third-order valence-electron chi connectivity index (χ3n) is 4.54. The van der Waals surface area contributed by atoms with Gasteiger partial charge in [0.25, 0.3) is 0 Å². The van der Waals surface area contributed by atoms with E-state index in [4.69, 9.17) is 4.74 Å². The second-order valence-electron chi connectivity index (χ2n) is 7.10. The van der Waals surface area contributed by atoms with Crippen LogP contribution in [0.3, 0.4) is 0 Å². The Kier molecular flexibility index (Phi) is 4.22. The van der Waals surface area contributed by atoms with Crippen molar-refractivity contribution in [2.45, 2.75) is 58.3 Å². The van der Waals surface area contributed by atoms with Gasteiger partial charge in [-0.2, -0.15) is 0 Å². The van der Waals surface area contributed by atoms with Crippen LogP contribution < -0.4 is 0 Å². The summed E-state index contributed by atoms with van der Waals surface area (Å²) in [5, 5.41) is 0. The van der Waals surface area contributed by atoms with Crippen molar-refractivity contribution in [3.8, 4) is 0 Å². The highest BCUT2D eigenvalue weighted by atomic mass is 16.5. The van der Waals surface area contributed by atoms with E-state index < -0.39 is 0 Å². The Balaban J connectivity index is 2.18. The molecule has 0 atom stereocenters. The molecule has 2 heteroatoms. The summed E-state index contributed by atoms with van der Waals surface area (Å²) < 4.78 is 5.05. The van der Waals surface area contributed by atoms with Crippen LogP contribution in [0.4, 0.5) is 0 Å². The van der Waals surface area contributed by atoms with E-state index in [2.05, 4.69) is 45.0 Å². The van der Waals surface area contributed by atoms with Gasteiger partial charge in [-0.3, -0.25) is 4.79 Å². The topological polar surface area (TPSA) is 26.3 Å². The zero-order chi connectivity index (χ0) is 14.8. The average Bonchev–Trinajstić information content (AvgIpc) is 2.87. The van der Waals surface area contributed by atoms with Crippen LogP contribution in [-0.4, -0.2) is 13.1 Å². The molecule has 1 aliphatic carbocycles. The van der Waals surface area contributed by atoms with E-state index >= 15 is 0 Å². The number of esters is 1. The summed E-state index contributed by atoms with van der Waals surface area (Å²) in [6.45, 7) is 6.65. The maximum absolute atomic E-state index is 12.1. The van der Waals surface area contributed by atoms with Gasteiger partial charge in [0, 0.05) is 0 Å². The van der Waals surface area contributed by atoms with Crippen molar-refractivity contribution in [2.24, 2.45) is 5.41 Å². The maximum atomic E-state index is 12.1. The van der Waals surface area contributed by atoms with Gasteiger partial charge in [-0.05, 0) is 35.8 Å². The van der Waals surface area contributed by atoms with E-state index in [-0.39, 0.29) is 16.8 Å². The number of carbonyl (C=O) groups excluding carboxylic acids is 1. The molecule has 1 aromatic carbocycles. The van der Waals surface area contributed by atoms with E-state index in [9.17, 15) is 4.79 Å². The van der Waals surface area contributed by atoms with Crippen LogP contribution in [0.5, 0.6) is 0 Å². The molecule has 0 heterocycles. The molecule has 0 unspecified atom stereocenters. The Hall–Kier alpha value is -1.31. The summed E-state index contributed by atoms with van der Waals surface area (Å²) >= 11 is 0. The minimum atomic E-state index is -0.280. The van der Waals surface area contributed by atoms with Crippen molar-refractivity contribution < 1.29 is 9.53 Å². The Bertz CT molecular complexity index is 459. The zero-order valence-corrected chi connectivity index (χ0v) is 13.2. The third kappa shape index (κ3) is 3.05. The lowest BCUT2D eigenvalue weighted by Crippen LogP contribution is -2.31. The molecular formula is C18H26O2. The van der Waals surface area contributed by atoms with Gasteiger partial charge in [-0.25, -0.2) is 0 Å². The zero-order valence-electron chi connectivity index (χ0n) is 13.2. The predicted octanol–water partition coefficient (Wildman–Crippen LogP) is 4.26. The SMILES string of the molecule is COC(=O)C1(Cc2ccc(C(C)(C)C)cc2)CCCC1. The van der Waals surface area contributed by atoms with Crippen molar-refractivity contribution in [1.82, 2.24) is 0 Å². The van der Waals surface area contributed by atoms with Gasteiger partial charge in [0.1, 0.15) is 0 Å². The molecule has 1 fully saturated rings. The minimum absolute atomic E-state index is 0.0325. The van der Waals surface area contributed by atoms with Gasteiger partial charge >= 0.3 is 5.97 Å². The van der Waals surface area contributed by atoms with Crippen molar-refractivity contribution in [2.75, 3.05) is 7.11 Å². The number of carbonyl (C=O) groups is 1. The summed E-state index contributed by atoms with van der Waals surface area (Å²) in [5.74, 6) is -0.0325. The lowest BCUT2D eigenvalue weighted by Gasteiger charge is -2.26. The molecule has 0 radical (unpaired) electrons. The van der Waals surface area contributed by atoms with Gasteiger partial charge in [-0.1, -0.05) is 57.9 Å². The molecule has 0 aromatic heterocycles. The molecule has 0 aliphatic heterocycles. The molecule has 110 valence electrons. The summed E-state index contributed by atoms with van der Waals surface area (Å²) in [4.78, 5) is 12.1. The standard InChI is InChI=1S/C18H26O2/c1-17(2,3)15-9-7-14(8-10-15)13-18(16(19)20-4)11-5-6-12-18/h7-10H,5-6,11-13H2,1-4H3. The van der Waals surface area contributed by atoms with Crippen LogP contribution in [0.2, 0.25) is 0 Å². The number of hydrogen-bond donors (Lipinski definition) is 0. The van der Waals surface area contributed by atoms with Gasteiger partial charge in [0.2, 0.25) is 0 Å². The van der Waals surface area contributed by atoms with E-state index in [1.165, 1.54) is 18.2 Å². The first-order valence-electron chi connectivity index (χ1n) is 7.55. The molecular weight excluding hydrogens is 248 g/mol. The van der Waals surface area contributed by atoms with Crippen LogP contribution in [0.15, 0.2) is 24.3 Å². The van der Waals surface area contributed by atoms with Crippen LogP contribution in [0, 0.1) is 5.41 Å². The first kappa shape index (κ1) is 15.1. The lowest BCUT2D eigenvalue weighted by atomic mass is 9.79. The third-order valence-corrected chi connectivity index (χ3v) is 4.54. The number of ether oxygens (including phenoxy) is 1. The average molecular weight is 274 g/mol. The molecule has 2 nitrogen and oxygen atoms in total. The van der Waals surface area contributed by atoms with Crippen molar-refractivity contribution in [3.63, 3.8) is 0 Å². The Labute approximate surface area is 122 Å². The van der Waals surface area contributed by atoms with Crippen molar-refractivity contribution in [1.29, 1.82) is 0 Å². The molecule has 0 saturated heterocycles. The Morgan fingerprint density at radius 3 is 2.15 bits per heavy atom. The predicted molar refractivity (Wildman–Crippen MR) is 81.8 cm³/mol. The molecule has 1 aromatic rings. The highest BCUT2D eigenvalue weighted by Crippen LogP contribution is 2.42. The largest absolute Gasteiger partial charge is 0.469 e. The van der Waals surface area contributed by atoms with Crippen molar-refractivity contribution in [3.05, 3.63) is 35.4 Å². The number of benzene rings is 1. The van der Waals surface area contributed by atoms with Gasteiger partial charge < -0.3 is 4.74 Å². The minimum Gasteiger partial charge on any atom is -0.469 e. The van der Waals surface area contributed by atoms with Gasteiger partial charge in [-0.15, -0.1) is 0 Å². The highest BCUT2D eigenvalue weighted by molar-refractivity contribution is 5.77. The highest BCUT2D eigenvalue weighted by Gasteiger charge is 2.42. The smallest absolute Gasteiger partial charge is 0.312 e. The summed E-state index contributed by atoms with van der Waals surface area (Å²) in [6.07, 6.45) is 5.00. The molecule has 1 aliphatic rings. The molecule has 1 saturated carbocycles. The molecule has 0 bridgehead atoms. The summed E-state index contributed by atoms with van der Waals surface area (Å²) in [7, 11) is 1.51. The molecule has 0 amide bonds. The molecule has 20 heavy (non-hydrogen) atoms. The van der Waals surface area contributed by atoms with E-state index in [0.717, 1.165) is 32.1 Å². The Morgan fingerprint density at radius 1 is 1.15 bits per heavy atom. The fourth-order valence-corrected chi connectivity index (χ4v) is 3.23. The van der Waals surface area contributed by atoms with Crippen LogP contribution in [0.25, 0.3) is 0 Å². The number of rotatable bonds is 3. The van der Waals surface area contributed by atoms with Gasteiger partial charge in [0.05, 0.1) is 12.5 Å². The van der Waals surface area contributed by atoms with E-state index in [0.29, 0.717) is 0 Å². The second-order valence-corrected chi connectivity index (χ2v) is 7.10. The molecule has 2 rings (SSSR count). The first-order chi connectivity index (χ1) is 9.37. The second kappa shape index (κ2) is 5.59. The molecule has 0 N–H and O–H groups in total. The lowest BCUT2D eigenvalue weighted by molar-refractivity contribution is -0.152. The summed E-state index contributed by atoms with van der Waals surface area (Å²) in [6, 6.07) is 8.72. The van der Waals surface area contributed by atoms with Crippen LogP contribution in [0.1, 0.15) is 57.6 Å². The summed E-state index contributed by atoms with van der Waals surface area (Å²) in [5.41, 5.74) is 2.47. The van der Waals surface area contributed by atoms with Crippen LogP contribution >= 0.6 is 0 Å². The van der Waals surface area contributed by atoms with E-state index in [1.54, 1.807) is 0 Å².